The number of aromatic nitrogens is 2. The van der Waals surface area contributed by atoms with Gasteiger partial charge in [0.05, 0.1) is 42.9 Å². The summed E-state index contributed by atoms with van der Waals surface area (Å²) >= 11 is 8.03. The van der Waals surface area contributed by atoms with Gasteiger partial charge in [-0.2, -0.15) is 0 Å². The average molecular weight is 691 g/mol. The third-order valence-corrected chi connectivity index (χ3v) is 10.6. The van der Waals surface area contributed by atoms with Crippen molar-refractivity contribution in [1.82, 2.24) is 14.9 Å². The molecular formula is C34H35ClN6O6S. The molecular weight excluding hydrogens is 656 g/mol. The summed E-state index contributed by atoms with van der Waals surface area (Å²) in [5.74, 6) is 1.48. The second kappa shape index (κ2) is 13.5. The van der Waals surface area contributed by atoms with E-state index in [4.69, 9.17) is 26.8 Å². The highest BCUT2D eigenvalue weighted by Gasteiger charge is 2.47. The third kappa shape index (κ3) is 6.35. The lowest BCUT2D eigenvalue weighted by Crippen LogP contribution is -2.50. The molecule has 3 aliphatic rings. The number of nitrogens with one attached hydrogen (secondary N) is 1. The maximum absolute atomic E-state index is 13.6. The Labute approximate surface area is 286 Å². The number of likely N-dealkylation sites (N-methyl/N-ethyl adjacent to an activating group) is 1. The lowest BCUT2D eigenvalue weighted by atomic mass is 9.73. The SMILES string of the molecule is COc1cc(O)cc(C2=CN(C)C(=C=O)C(C(=O)Nc3cccc(Sc4cnc(N5CCC6(CC5)CO[C@@H](C)[C@H]6N)cn4)c3Cl)=C2O)c1. The highest BCUT2D eigenvalue weighted by atomic mass is 35.5. The van der Waals surface area contributed by atoms with Gasteiger partial charge in [0.1, 0.15) is 39.4 Å². The van der Waals surface area contributed by atoms with Gasteiger partial charge in [-0.25, -0.2) is 14.8 Å². The normalized spacial score (nSPS) is 20.5. The summed E-state index contributed by atoms with van der Waals surface area (Å²) < 4.78 is 11.1. The lowest BCUT2D eigenvalue weighted by molar-refractivity contribution is -0.112. The summed E-state index contributed by atoms with van der Waals surface area (Å²) in [6.45, 7) is 4.37. The number of rotatable bonds is 7. The molecule has 3 aliphatic heterocycles. The van der Waals surface area contributed by atoms with Crippen molar-refractivity contribution in [2.24, 2.45) is 11.1 Å². The Balaban J connectivity index is 1.17. The van der Waals surface area contributed by atoms with E-state index in [-0.39, 0.29) is 50.9 Å². The number of benzene rings is 2. The smallest absolute Gasteiger partial charge is 0.262 e. The number of halogens is 1. The van der Waals surface area contributed by atoms with E-state index in [2.05, 4.69) is 20.2 Å². The number of hydrogen-bond acceptors (Lipinski definition) is 12. The molecule has 2 aromatic carbocycles. The molecule has 1 spiro atoms. The number of piperidine rings is 1. The first kappa shape index (κ1) is 33.4. The van der Waals surface area contributed by atoms with E-state index in [0.717, 1.165) is 31.7 Å². The van der Waals surface area contributed by atoms with Crippen molar-refractivity contribution in [1.29, 1.82) is 0 Å². The number of nitrogens with zero attached hydrogens (tertiary/aromatic N) is 4. The minimum absolute atomic E-state index is 0.0165. The molecule has 5 N–H and O–H groups in total. The van der Waals surface area contributed by atoms with Gasteiger partial charge < -0.3 is 40.5 Å². The predicted octanol–water partition coefficient (Wildman–Crippen LogP) is 4.78. The van der Waals surface area contributed by atoms with Gasteiger partial charge >= 0.3 is 0 Å². The van der Waals surface area contributed by atoms with Crippen molar-refractivity contribution in [3.63, 3.8) is 0 Å². The van der Waals surface area contributed by atoms with Crippen LogP contribution < -0.4 is 20.7 Å². The first-order valence-electron chi connectivity index (χ1n) is 15.3. The van der Waals surface area contributed by atoms with Crippen LogP contribution >= 0.6 is 23.4 Å². The minimum atomic E-state index is -0.786. The summed E-state index contributed by atoms with van der Waals surface area (Å²) in [5, 5.41) is 25.0. The first-order valence-corrected chi connectivity index (χ1v) is 16.5. The van der Waals surface area contributed by atoms with Crippen LogP contribution in [0.3, 0.4) is 0 Å². The summed E-state index contributed by atoms with van der Waals surface area (Å²) in [6.07, 6.45) is 6.82. The molecule has 4 heterocycles. The number of allylic oxidation sites excluding steroid dienone is 1. The Hall–Kier alpha value is -4.52. The fraction of sp³-hybridized carbons (Fsp3) is 0.324. The first-order chi connectivity index (χ1) is 23.0. The summed E-state index contributed by atoms with van der Waals surface area (Å²) in [6, 6.07) is 9.53. The van der Waals surface area contributed by atoms with Crippen molar-refractivity contribution in [2.75, 3.05) is 44.1 Å². The molecule has 6 rings (SSSR count). The number of phenols is 1. The van der Waals surface area contributed by atoms with Gasteiger partial charge in [0.15, 0.2) is 5.94 Å². The molecule has 2 saturated heterocycles. The van der Waals surface area contributed by atoms with Gasteiger partial charge in [0, 0.05) is 54.3 Å². The number of carbonyl (C=O) groups excluding carboxylic acids is 2. The fourth-order valence-corrected chi connectivity index (χ4v) is 7.38. The van der Waals surface area contributed by atoms with Gasteiger partial charge in [0.25, 0.3) is 5.91 Å². The standard InChI is InChI=1S/C34H35ClN6O6S/c1-19-32(36)34(18-47-19)7-9-41(10-8-34)27-14-38-28(15-37-27)48-26-6-4-5-24(30(26)35)39-33(45)29-25(17-42)40(2)16-23(31(29)44)20-11-21(43)13-22(12-20)46-3/h4-6,11-16,19,32,43-44H,7-10,18,36H2,1-3H3,(H,39,45)/t19-,32+/m0/s1. The number of methoxy groups -OCH3 is 1. The third-order valence-electron chi connectivity index (χ3n) is 9.14. The van der Waals surface area contributed by atoms with E-state index in [1.807, 2.05) is 6.92 Å². The van der Waals surface area contributed by atoms with Crippen molar-refractivity contribution >= 4 is 52.3 Å². The number of anilines is 2. The fourth-order valence-electron chi connectivity index (χ4n) is 6.31. The van der Waals surface area contributed by atoms with Crippen molar-refractivity contribution < 1.29 is 29.3 Å². The van der Waals surface area contributed by atoms with Gasteiger partial charge in [-0.1, -0.05) is 29.4 Å². The Kier molecular flexibility index (Phi) is 9.41. The monoisotopic (exact) mass is 690 g/mol. The molecule has 12 nitrogen and oxygen atoms in total. The van der Waals surface area contributed by atoms with Gasteiger partial charge in [-0.05, 0) is 49.6 Å². The molecule has 0 radical (unpaired) electrons. The molecule has 3 aromatic rings. The van der Waals surface area contributed by atoms with Crippen LogP contribution in [0.4, 0.5) is 11.5 Å². The molecule has 48 heavy (non-hydrogen) atoms. The predicted molar refractivity (Wildman–Crippen MR) is 183 cm³/mol. The molecule has 0 unspecified atom stereocenters. The van der Waals surface area contributed by atoms with Gasteiger partial charge in [-0.15, -0.1) is 0 Å². The molecule has 250 valence electrons. The van der Waals surface area contributed by atoms with Crippen LogP contribution in [0.5, 0.6) is 11.5 Å². The number of amides is 1. The quantitative estimate of drug-likeness (QED) is 0.251. The molecule has 2 fully saturated rings. The van der Waals surface area contributed by atoms with Crippen molar-refractivity contribution in [3.05, 3.63) is 82.6 Å². The maximum Gasteiger partial charge on any atom is 0.262 e. The average Bonchev–Trinajstić information content (AvgIpc) is 3.35. The Morgan fingerprint density at radius 1 is 1.21 bits per heavy atom. The Bertz CT molecular complexity index is 1850. The number of aliphatic hydroxyl groups is 1. The van der Waals surface area contributed by atoms with Crippen LogP contribution in [0.25, 0.3) is 5.57 Å². The second-order valence-electron chi connectivity index (χ2n) is 12.0. The minimum Gasteiger partial charge on any atom is -0.508 e. The van der Waals surface area contributed by atoms with Crippen LogP contribution in [0.1, 0.15) is 25.3 Å². The lowest BCUT2D eigenvalue weighted by Gasteiger charge is -2.41. The van der Waals surface area contributed by atoms with Crippen LogP contribution in [0.15, 0.2) is 81.9 Å². The van der Waals surface area contributed by atoms with E-state index in [0.29, 0.717) is 27.8 Å². The molecule has 2 atom stereocenters. The summed E-state index contributed by atoms with van der Waals surface area (Å²) in [4.78, 5) is 39.0. The molecule has 1 aromatic heterocycles. The molecule has 1 amide bonds. The molecule has 0 bridgehead atoms. The maximum atomic E-state index is 13.6. The highest BCUT2D eigenvalue weighted by Crippen LogP contribution is 2.42. The van der Waals surface area contributed by atoms with Crippen LogP contribution in [0, 0.1) is 5.41 Å². The van der Waals surface area contributed by atoms with Crippen molar-refractivity contribution in [2.45, 2.75) is 41.8 Å². The van der Waals surface area contributed by atoms with Crippen LogP contribution in [0.2, 0.25) is 5.02 Å². The molecule has 0 saturated carbocycles. The number of ether oxygens (including phenoxy) is 2. The van der Waals surface area contributed by atoms with Gasteiger partial charge in [0.2, 0.25) is 0 Å². The number of phenolic OH excluding ortho intramolecular Hbond substituents is 1. The van der Waals surface area contributed by atoms with Crippen LogP contribution in [-0.4, -0.2) is 82.9 Å². The van der Waals surface area contributed by atoms with E-state index in [1.165, 1.54) is 42.1 Å². The Morgan fingerprint density at radius 3 is 2.62 bits per heavy atom. The number of carbonyl (C=O) groups is 1. The van der Waals surface area contributed by atoms with Gasteiger partial charge in [-0.3, -0.25) is 4.79 Å². The van der Waals surface area contributed by atoms with Crippen molar-refractivity contribution in [3.8, 4) is 11.5 Å². The highest BCUT2D eigenvalue weighted by molar-refractivity contribution is 7.99. The van der Waals surface area contributed by atoms with E-state index in [9.17, 15) is 19.8 Å². The van der Waals surface area contributed by atoms with Crippen LogP contribution in [-0.2, 0) is 14.3 Å². The second-order valence-corrected chi connectivity index (χ2v) is 13.5. The zero-order valence-electron chi connectivity index (χ0n) is 26.6. The summed E-state index contributed by atoms with van der Waals surface area (Å²) in [5.41, 5.74) is 6.78. The largest absolute Gasteiger partial charge is 0.508 e. The molecule has 0 aliphatic carbocycles. The van der Waals surface area contributed by atoms with E-state index >= 15 is 0 Å². The number of hydrogen-bond donors (Lipinski definition) is 4. The number of aliphatic hydroxyl groups excluding tert-OH is 1. The Morgan fingerprint density at radius 2 is 1.98 bits per heavy atom. The zero-order valence-corrected chi connectivity index (χ0v) is 28.1. The molecule has 14 heteroatoms. The number of nitrogens with two attached hydrogens (primary N) is 1. The topological polar surface area (TPSA) is 163 Å². The zero-order chi connectivity index (χ0) is 34.2. The number of aromatic hydroxyl groups is 1. The summed E-state index contributed by atoms with van der Waals surface area (Å²) in [7, 11) is 2.98. The van der Waals surface area contributed by atoms with E-state index < -0.39 is 11.7 Å². The van der Waals surface area contributed by atoms with E-state index in [1.54, 1.807) is 49.6 Å².